The van der Waals surface area contributed by atoms with Gasteiger partial charge < -0.3 is 14.8 Å². The molecule has 1 aliphatic heterocycles. The van der Waals surface area contributed by atoms with Crippen LogP contribution in [0.5, 0.6) is 0 Å². The normalized spacial score (nSPS) is 16.9. The van der Waals surface area contributed by atoms with Crippen molar-refractivity contribution >= 4 is 38.4 Å². The largest absolute Gasteiger partial charge is 0.461 e. The summed E-state index contributed by atoms with van der Waals surface area (Å²) in [6.07, 6.45) is 0.600. The van der Waals surface area contributed by atoms with E-state index in [0.717, 1.165) is 24.4 Å². The summed E-state index contributed by atoms with van der Waals surface area (Å²) < 4.78 is 33.2. The Bertz CT molecular complexity index is 968. The number of carbonyl (C=O) groups excluding carboxylic acids is 2. The van der Waals surface area contributed by atoms with Crippen molar-refractivity contribution in [2.24, 2.45) is 5.14 Å². The van der Waals surface area contributed by atoms with Gasteiger partial charge in [0.1, 0.15) is 0 Å². The van der Waals surface area contributed by atoms with Gasteiger partial charge in [0.2, 0.25) is 10.0 Å². The second-order valence-electron chi connectivity index (χ2n) is 6.18. The Morgan fingerprint density at radius 2 is 2.10 bits per heavy atom. The van der Waals surface area contributed by atoms with Crippen molar-refractivity contribution < 1.29 is 27.5 Å². The zero-order valence-corrected chi connectivity index (χ0v) is 16.9. The molecule has 29 heavy (non-hydrogen) atoms. The number of hydrogen-bond acceptors (Lipinski definition) is 9. The fourth-order valence-corrected chi connectivity index (χ4v) is 3.74. The number of esters is 1. The first-order valence-electron chi connectivity index (χ1n) is 8.72. The first kappa shape index (κ1) is 21.3. The maximum atomic E-state index is 12.2. The summed E-state index contributed by atoms with van der Waals surface area (Å²) in [5.74, 6) is -1.08. The van der Waals surface area contributed by atoms with Crippen LogP contribution in [-0.4, -0.2) is 57.7 Å². The third-order valence-electron chi connectivity index (χ3n) is 4.06. The van der Waals surface area contributed by atoms with Crippen LogP contribution in [0.3, 0.4) is 0 Å². The van der Waals surface area contributed by atoms with Crippen molar-refractivity contribution in [2.75, 3.05) is 31.6 Å². The van der Waals surface area contributed by atoms with Crippen LogP contribution in [-0.2, 0) is 19.5 Å². The number of nitrogens with one attached hydrogen (secondary N) is 2. The van der Waals surface area contributed by atoms with Crippen LogP contribution in [0.25, 0.3) is 0 Å². The summed E-state index contributed by atoms with van der Waals surface area (Å²) in [5, 5.41) is 12.5. The summed E-state index contributed by atoms with van der Waals surface area (Å²) in [5.41, 5.74) is 0.315. The van der Waals surface area contributed by atoms with Gasteiger partial charge in [-0.1, -0.05) is 0 Å². The van der Waals surface area contributed by atoms with Crippen LogP contribution in [0.4, 0.5) is 5.13 Å². The highest BCUT2D eigenvalue weighted by molar-refractivity contribution is 7.89. The van der Waals surface area contributed by atoms with E-state index in [9.17, 15) is 18.0 Å². The van der Waals surface area contributed by atoms with Crippen LogP contribution in [0.1, 0.15) is 27.3 Å². The summed E-state index contributed by atoms with van der Waals surface area (Å²) in [6, 6.07) is 5.14. The Morgan fingerprint density at radius 3 is 2.76 bits per heavy atom. The van der Waals surface area contributed by atoms with Crippen LogP contribution in [0, 0.1) is 0 Å². The van der Waals surface area contributed by atoms with Crippen LogP contribution < -0.4 is 15.8 Å². The first-order valence-corrected chi connectivity index (χ1v) is 11.1. The molecule has 10 nitrogen and oxygen atoms in total. The van der Waals surface area contributed by atoms with Gasteiger partial charge in [0.15, 0.2) is 10.8 Å². The number of nitrogens with zero attached hydrogens (tertiary/aromatic N) is 1. The number of hydrogen-bond donors (Lipinski definition) is 3. The highest BCUT2D eigenvalue weighted by Gasteiger charge is 2.17. The number of carbonyl (C=O) groups is 2. The third-order valence-corrected chi connectivity index (χ3v) is 5.74. The number of ether oxygens (including phenoxy) is 2. The molecule has 1 aliphatic rings. The lowest BCUT2D eigenvalue weighted by Crippen LogP contribution is -2.39. The van der Waals surface area contributed by atoms with Crippen molar-refractivity contribution in [1.82, 2.24) is 10.3 Å². The van der Waals surface area contributed by atoms with Gasteiger partial charge in [-0.25, -0.2) is 23.3 Å². The van der Waals surface area contributed by atoms with Crippen molar-refractivity contribution in [3.8, 4) is 0 Å². The van der Waals surface area contributed by atoms with E-state index in [2.05, 4.69) is 15.6 Å². The quantitative estimate of drug-likeness (QED) is 0.529. The summed E-state index contributed by atoms with van der Waals surface area (Å²) in [4.78, 5) is 28.3. The van der Waals surface area contributed by atoms with Crippen molar-refractivity contribution in [3.63, 3.8) is 0 Å². The molecule has 156 valence electrons. The molecule has 12 heteroatoms. The highest BCUT2D eigenvalue weighted by Crippen LogP contribution is 2.18. The predicted octanol–water partition coefficient (Wildman–Crippen LogP) is 0.578. The molecule has 0 radical (unpaired) electrons. The van der Waals surface area contributed by atoms with Crippen molar-refractivity contribution in [3.05, 3.63) is 40.9 Å². The SMILES string of the molecule is NS(=O)(=O)c1ccc(C(=O)Nc2nc(C(=O)OCCC3CNCCO3)cs2)cc1. The molecule has 4 N–H and O–H groups in total. The van der Waals surface area contributed by atoms with E-state index in [0.29, 0.717) is 13.0 Å². The minimum absolute atomic E-state index is 0.0162. The molecule has 2 heterocycles. The van der Waals surface area contributed by atoms with Gasteiger partial charge >= 0.3 is 5.97 Å². The molecular formula is C17H20N4O6S2. The Hall–Kier alpha value is -2.38. The van der Waals surface area contributed by atoms with Crippen molar-refractivity contribution in [2.45, 2.75) is 17.4 Å². The minimum atomic E-state index is -3.83. The van der Waals surface area contributed by atoms with E-state index in [1.165, 1.54) is 29.6 Å². The van der Waals surface area contributed by atoms with E-state index in [1.807, 2.05) is 0 Å². The smallest absolute Gasteiger partial charge is 0.357 e. The molecule has 0 bridgehead atoms. The fraction of sp³-hybridized carbons (Fsp3) is 0.353. The topological polar surface area (TPSA) is 150 Å². The molecule has 3 rings (SSSR count). The fourth-order valence-electron chi connectivity index (χ4n) is 2.55. The summed E-state index contributed by atoms with van der Waals surface area (Å²) >= 11 is 1.08. The number of morpholine rings is 1. The molecule has 2 aromatic rings. The lowest BCUT2D eigenvalue weighted by Gasteiger charge is -2.23. The monoisotopic (exact) mass is 440 g/mol. The number of primary sulfonamides is 1. The maximum absolute atomic E-state index is 12.2. The molecule has 0 spiro atoms. The number of benzene rings is 1. The highest BCUT2D eigenvalue weighted by atomic mass is 32.2. The third kappa shape index (κ3) is 6.05. The Balaban J connectivity index is 1.51. The average molecular weight is 441 g/mol. The molecule has 0 saturated carbocycles. The second-order valence-corrected chi connectivity index (χ2v) is 8.60. The Kier molecular flexibility index (Phi) is 6.92. The van der Waals surface area contributed by atoms with Gasteiger partial charge in [-0.3, -0.25) is 10.1 Å². The summed E-state index contributed by atoms with van der Waals surface area (Å²) in [6.45, 7) is 2.39. The molecule has 0 aliphatic carbocycles. The van der Waals surface area contributed by atoms with Gasteiger partial charge in [-0.15, -0.1) is 11.3 Å². The van der Waals surface area contributed by atoms with Crippen LogP contribution in [0.15, 0.2) is 34.5 Å². The zero-order valence-electron chi connectivity index (χ0n) is 15.3. The van der Waals surface area contributed by atoms with Gasteiger partial charge in [-0.05, 0) is 24.3 Å². The van der Waals surface area contributed by atoms with E-state index < -0.39 is 21.9 Å². The van der Waals surface area contributed by atoms with Gasteiger partial charge in [0.25, 0.3) is 5.91 Å². The van der Waals surface area contributed by atoms with E-state index >= 15 is 0 Å². The molecule has 1 fully saturated rings. The average Bonchev–Trinajstić information content (AvgIpc) is 3.17. The number of aromatic nitrogens is 1. The summed E-state index contributed by atoms with van der Waals surface area (Å²) in [7, 11) is -3.83. The molecule has 1 aromatic carbocycles. The first-order chi connectivity index (χ1) is 13.8. The Morgan fingerprint density at radius 1 is 1.34 bits per heavy atom. The number of amides is 1. The molecule has 1 aromatic heterocycles. The van der Waals surface area contributed by atoms with Gasteiger partial charge in [-0.2, -0.15) is 0 Å². The lowest BCUT2D eigenvalue weighted by molar-refractivity contribution is 0.00489. The molecular weight excluding hydrogens is 420 g/mol. The van der Waals surface area contributed by atoms with Crippen LogP contribution in [0.2, 0.25) is 0 Å². The second kappa shape index (κ2) is 9.41. The number of sulfonamides is 1. The number of anilines is 1. The van der Waals surface area contributed by atoms with E-state index in [4.69, 9.17) is 14.6 Å². The molecule has 1 saturated heterocycles. The minimum Gasteiger partial charge on any atom is -0.461 e. The number of rotatable bonds is 7. The van der Waals surface area contributed by atoms with Crippen molar-refractivity contribution in [1.29, 1.82) is 0 Å². The van der Waals surface area contributed by atoms with Crippen LogP contribution >= 0.6 is 11.3 Å². The van der Waals surface area contributed by atoms with E-state index in [1.54, 1.807) is 0 Å². The zero-order chi connectivity index (χ0) is 20.9. The molecule has 1 unspecified atom stereocenters. The number of nitrogens with two attached hydrogens (primary N) is 1. The lowest BCUT2D eigenvalue weighted by atomic mass is 10.2. The standard InChI is InChI=1S/C17H20N4O6S2/c18-29(24,25)13-3-1-11(2-4-13)15(22)21-17-20-14(10-28-17)16(23)27-7-5-12-9-19-6-8-26-12/h1-4,10,12,19H,5-9H2,(H2,18,24,25)(H,20,21,22). The molecule has 1 atom stereocenters. The van der Waals surface area contributed by atoms with Gasteiger partial charge in [0, 0.05) is 30.5 Å². The van der Waals surface area contributed by atoms with E-state index in [-0.39, 0.29) is 34.0 Å². The Labute approximate surface area is 171 Å². The number of thiazole rings is 1. The maximum Gasteiger partial charge on any atom is 0.357 e. The molecule has 1 amide bonds. The van der Waals surface area contributed by atoms with Gasteiger partial charge in [0.05, 0.1) is 24.2 Å². The predicted molar refractivity (Wildman–Crippen MR) is 105 cm³/mol.